The van der Waals surface area contributed by atoms with Crippen molar-refractivity contribution in [1.29, 1.82) is 0 Å². The van der Waals surface area contributed by atoms with E-state index in [-0.39, 0.29) is 17.9 Å². The van der Waals surface area contributed by atoms with E-state index in [1.807, 2.05) is 7.05 Å². The molecule has 1 unspecified atom stereocenters. The van der Waals surface area contributed by atoms with Gasteiger partial charge < -0.3 is 27.0 Å². The maximum atomic E-state index is 13.9. The zero-order valence-corrected chi connectivity index (χ0v) is 13.5. The van der Waals surface area contributed by atoms with E-state index < -0.39 is 17.3 Å². The molecular formula is C16H22F2N6. The van der Waals surface area contributed by atoms with Gasteiger partial charge in [-0.3, -0.25) is 0 Å². The summed E-state index contributed by atoms with van der Waals surface area (Å²) in [6.07, 6.45) is 2.75. The minimum absolute atomic E-state index is 0.0196. The topological polar surface area (TPSA) is 91.7 Å². The van der Waals surface area contributed by atoms with Gasteiger partial charge in [-0.1, -0.05) is 0 Å². The molecule has 2 aliphatic rings. The van der Waals surface area contributed by atoms with Crippen LogP contribution in [0.1, 0.15) is 12.0 Å². The first-order chi connectivity index (χ1) is 11.4. The second-order valence-corrected chi connectivity index (χ2v) is 6.28. The molecule has 0 saturated carbocycles. The molecule has 6 N–H and O–H groups in total. The van der Waals surface area contributed by atoms with Crippen molar-refractivity contribution in [2.45, 2.75) is 24.5 Å². The summed E-state index contributed by atoms with van der Waals surface area (Å²) in [5.74, 6) is -0.110. The fourth-order valence-electron chi connectivity index (χ4n) is 3.15. The molecular weight excluding hydrogens is 314 g/mol. The number of halogens is 2. The van der Waals surface area contributed by atoms with E-state index >= 15 is 0 Å². The van der Waals surface area contributed by atoms with Gasteiger partial charge in [0.15, 0.2) is 5.96 Å². The summed E-state index contributed by atoms with van der Waals surface area (Å²) in [4.78, 5) is 6.31. The van der Waals surface area contributed by atoms with Gasteiger partial charge in [-0.25, -0.2) is 13.8 Å². The maximum absolute atomic E-state index is 13.9. The first kappa shape index (κ1) is 16.7. The Hall–Kier alpha value is -2.19. The quantitative estimate of drug-likeness (QED) is 0.631. The molecule has 1 aromatic rings. The number of likely N-dealkylation sites (N-methyl/N-ethyl adjacent to an activating group) is 1. The molecule has 0 aromatic heterocycles. The van der Waals surface area contributed by atoms with Gasteiger partial charge in [-0.2, -0.15) is 0 Å². The van der Waals surface area contributed by atoms with Gasteiger partial charge in [0.25, 0.3) is 0 Å². The molecule has 130 valence electrons. The van der Waals surface area contributed by atoms with Gasteiger partial charge in [0, 0.05) is 25.6 Å². The molecule has 8 heteroatoms. The maximum Gasteiger partial charge on any atom is 0.196 e. The average Bonchev–Trinajstić information content (AvgIpc) is 2.99. The van der Waals surface area contributed by atoms with Gasteiger partial charge in [-0.05, 0) is 43.3 Å². The highest BCUT2D eigenvalue weighted by atomic mass is 19.1. The molecule has 6 nitrogen and oxygen atoms in total. The first-order valence-electron chi connectivity index (χ1n) is 7.89. The van der Waals surface area contributed by atoms with Crippen LogP contribution in [0.4, 0.5) is 8.78 Å². The fraction of sp³-hybridized carbons (Fsp3) is 0.438. The van der Waals surface area contributed by atoms with Crippen LogP contribution in [0.15, 0.2) is 35.1 Å². The largest absolute Gasteiger partial charge is 0.370 e. The van der Waals surface area contributed by atoms with E-state index in [9.17, 15) is 8.78 Å². The van der Waals surface area contributed by atoms with Gasteiger partial charge in [0.2, 0.25) is 0 Å². The molecule has 24 heavy (non-hydrogen) atoms. The summed E-state index contributed by atoms with van der Waals surface area (Å²) >= 11 is 0. The highest BCUT2D eigenvalue weighted by Crippen LogP contribution is 2.24. The molecule has 2 atom stereocenters. The third-order valence-electron chi connectivity index (χ3n) is 4.39. The van der Waals surface area contributed by atoms with E-state index in [1.54, 1.807) is 6.08 Å². The molecule has 3 rings (SSSR count). The van der Waals surface area contributed by atoms with Crippen molar-refractivity contribution in [3.63, 3.8) is 0 Å². The molecule has 0 bridgehead atoms. The van der Waals surface area contributed by atoms with E-state index in [0.29, 0.717) is 6.04 Å². The lowest BCUT2D eigenvalue weighted by molar-refractivity contribution is 0.376. The summed E-state index contributed by atoms with van der Waals surface area (Å²) in [7, 11) is 1.92. The van der Waals surface area contributed by atoms with Crippen LogP contribution in [0, 0.1) is 11.6 Å². The Labute approximate surface area is 139 Å². The summed E-state index contributed by atoms with van der Waals surface area (Å²) in [5.41, 5.74) is 11.1. The molecule has 1 aromatic carbocycles. The van der Waals surface area contributed by atoms with E-state index in [1.165, 1.54) is 0 Å². The zero-order chi connectivity index (χ0) is 17.3. The Morgan fingerprint density at radius 3 is 2.96 bits per heavy atom. The van der Waals surface area contributed by atoms with E-state index in [0.717, 1.165) is 43.5 Å². The average molecular weight is 336 g/mol. The zero-order valence-electron chi connectivity index (χ0n) is 13.5. The lowest BCUT2D eigenvalue weighted by Crippen LogP contribution is -2.51. The molecule has 0 amide bonds. The molecule has 0 radical (unpaired) electrons. The molecule has 1 saturated heterocycles. The van der Waals surface area contributed by atoms with Crippen molar-refractivity contribution in [3.8, 4) is 0 Å². The molecule has 0 aliphatic carbocycles. The summed E-state index contributed by atoms with van der Waals surface area (Å²) in [5, 5.41) is 6.25. The first-order valence-corrected chi connectivity index (χ1v) is 7.89. The minimum Gasteiger partial charge on any atom is -0.370 e. The molecule has 2 aliphatic heterocycles. The lowest BCUT2D eigenvalue weighted by Gasteiger charge is -2.32. The fourth-order valence-corrected chi connectivity index (χ4v) is 3.15. The Bertz CT molecular complexity index is 689. The van der Waals surface area contributed by atoms with Crippen molar-refractivity contribution >= 4 is 5.96 Å². The number of nitrogens with zero attached hydrogens (tertiary/aromatic N) is 2. The van der Waals surface area contributed by atoms with Crippen molar-refractivity contribution in [2.24, 2.45) is 16.5 Å². The van der Waals surface area contributed by atoms with Gasteiger partial charge in [0.05, 0.1) is 0 Å². The Balaban J connectivity index is 1.84. The van der Waals surface area contributed by atoms with Crippen LogP contribution in [-0.4, -0.2) is 42.7 Å². The number of guanidine groups is 1. The van der Waals surface area contributed by atoms with E-state index in [4.69, 9.17) is 11.5 Å². The summed E-state index contributed by atoms with van der Waals surface area (Å²) in [6.45, 7) is 1.66. The van der Waals surface area contributed by atoms with Crippen LogP contribution < -0.4 is 22.1 Å². The SMILES string of the molecule is CN[C@@H]1CCN(C2=CC(N)(Cc3cc(F)ccc3F)N=C(N)N2)C1. The summed E-state index contributed by atoms with van der Waals surface area (Å²) < 4.78 is 27.3. The standard InChI is InChI=1S/C16H22F2N6/c1-21-12-4-5-24(9-12)14-8-16(20,23-15(19)22-14)7-10-6-11(17)2-3-13(10)18/h2-3,6,8,12,21H,4-5,7,9,20H2,1H3,(H3,19,22,23)/t12-,16?/m1/s1. The Morgan fingerprint density at radius 1 is 1.46 bits per heavy atom. The smallest absolute Gasteiger partial charge is 0.196 e. The number of aliphatic imine (C=N–C) groups is 1. The van der Waals surface area contributed by atoms with Crippen LogP contribution in [0.25, 0.3) is 0 Å². The number of likely N-dealkylation sites (tertiary alicyclic amines) is 1. The van der Waals surface area contributed by atoms with E-state index in [2.05, 4.69) is 20.5 Å². The van der Waals surface area contributed by atoms with Crippen LogP contribution in [0.3, 0.4) is 0 Å². The van der Waals surface area contributed by atoms with Gasteiger partial charge in [0.1, 0.15) is 23.1 Å². The molecule has 1 fully saturated rings. The van der Waals surface area contributed by atoms with Gasteiger partial charge >= 0.3 is 0 Å². The minimum atomic E-state index is -1.23. The van der Waals surface area contributed by atoms with Crippen LogP contribution in [0.5, 0.6) is 0 Å². The van der Waals surface area contributed by atoms with Crippen LogP contribution in [-0.2, 0) is 6.42 Å². The van der Waals surface area contributed by atoms with Crippen molar-refractivity contribution in [3.05, 3.63) is 47.3 Å². The Kier molecular flexibility index (Phi) is 4.42. The second-order valence-electron chi connectivity index (χ2n) is 6.28. The predicted octanol–water partition coefficient (Wildman–Crippen LogP) is 0.215. The Morgan fingerprint density at radius 2 is 2.25 bits per heavy atom. The number of rotatable bonds is 4. The number of nitrogens with two attached hydrogens (primary N) is 2. The van der Waals surface area contributed by atoms with Crippen LogP contribution in [0.2, 0.25) is 0 Å². The monoisotopic (exact) mass is 336 g/mol. The van der Waals surface area contributed by atoms with Crippen molar-refractivity contribution in [1.82, 2.24) is 15.5 Å². The lowest BCUT2D eigenvalue weighted by atomic mass is 9.99. The van der Waals surface area contributed by atoms with Crippen LogP contribution >= 0.6 is 0 Å². The highest BCUT2D eigenvalue weighted by molar-refractivity contribution is 5.81. The number of hydrogen-bond donors (Lipinski definition) is 4. The van der Waals surface area contributed by atoms with Crippen molar-refractivity contribution in [2.75, 3.05) is 20.1 Å². The molecule has 0 spiro atoms. The third-order valence-corrected chi connectivity index (χ3v) is 4.39. The second kappa shape index (κ2) is 6.37. The summed E-state index contributed by atoms with van der Waals surface area (Å²) in [6, 6.07) is 3.69. The number of benzene rings is 1. The van der Waals surface area contributed by atoms with Crippen molar-refractivity contribution < 1.29 is 8.78 Å². The molecule has 2 heterocycles. The van der Waals surface area contributed by atoms with Gasteiger partial charge in [-0.15, -0.1) is 0 Å². The highest BCUT2D eigenvalue weighted by Gasteiger charge is 2.32. The third kappa shape index (κ3) is 3.49. The number of hydrogen-bond acceptors (Lipinski definition) is 6. The number of nitrogens with one attached hydrogen (secondary N) is 2. The normalized spacial score (nSPS) is 26.8. The predicted molar refractivity (Wildman–Crippen MR) is 88.9 cm³/mol.